The molecule has 1 aromatic heterocycles. The van der Waals surface area contributed by atoms with Crippen molar-refractivity contribution < 1.29 is 14.6 Å². The number of carbonyl (C=O) groups is 1. The number of hydrazone groups is 1. The van der Waals surface area contributed by atoms with Gasteiger partial charge in [0.2, 0.25) is 11.8 Å². The van der Waals surface area contributed by atoms with Gasteiger partial charge in [-0.3, -0.25) is 14.6 Å². The highest BCUT2D eigenvalue weighted by atomic mass is 16.5. The number of benzene rings is 2. The van der Waals surface area contributed by atoms with Gasteiger partial charge in [-0.15, -0.1) is 0 Å². The van der Waals surface area contributed by atoms with E-state index >= 15 is 0 Å². The van der Waals surface area contributed by atoms with Crippen molar-refractivity contribution in [1.82, 2.24) is 14.6 Å². The number of H-pyrrole nitrogens is 1. The molecule has 3 aromatic rings. The van der Waals surface area contributed by atoms with E-state index in [1.165, 1.54) is 11.9 Å². The number of nitrogens with zero attached hydrogens (tertiary/aromatic N) is 3. The van der Waals surface area contributed by atoms with Crippen LogP contribution in [0.5, 0.6) is 11.6 Å². The molecule has 0 unspecified atom stereocenters. The van der Waals surface area contributed by atoms with Gasteiger partial charge in [0, 0.05) is 18.9 Å². The predicted molar refractivity (Wildman–Crippen MR) is 123 cm³/mol. The van der Waals surface area contributed by atoms with Gasteiger partial charge >= 0.3 is 5.69 Å². The first kappa shape index (κ1) is 22.1. The molecule has 0 aliphatic carbocycles. The van der Waals surface area contributed by atoms with Crippen molar-refractivity contribution >= 4 is 11.6 Å². The lowest BCUT2D eigenvalue weighted by Gasteiger charge is -2.22. The fourth-order valence-electron chi connectivity index (χ4n) is 4.06. The summed E-state index contributed by atoms with van der Waals surface area (Å²) in [6.45, 7) is 5.47. The number of ether oxygens (including phenoxy) is 1. The summed E-state index contributed by atoms with van der Waals surface area (Å²) in [5.41, 5.74) is 0.395. The van der Waals surface area contributed by atoms with Crippen molar-refractivity contribution in [2.75, 3.05) is 6.61 Å². The molecule has 1 atom stereocenters. The van der Waals surface area contributed by atoms with Gasteiger partial charge in [-0.05, 0) is 31.5 Å². The molecule has 0 spiro atoms. The Morgan fingerprint density at radius 3 is 2.58 bits per heavy atom. The maximum Gasteiger partial charge on any atom is 0.335 e. The smallest absolute Gasteiger partial charge is 0.335 e. The van der Waals surface area contributed by atoms with Gasteiger partial charge in [0.05, 0.1) is 24.0 Å². The van der Waals surface area contributed by atoms with Crippen LogP contribution in [0.1, 0.15) is 43.0 Å². The molecule has 9 heteroatoms. The number of hydrogen-bond donors (Lipinski definition) is 2. The highest BCUT2D eigenvalue weighted by Crippen LogP contribution is 2.38. The van der Waals surface area contributed by atoms with Crippen LogP contribution in [0, 0.1) is 6.92 Å². The van der Waals surface area contributed by atoms with E-state index in [0.29, 0.717) is 18.0 Å². The van der Waals surface area contributed by atoms with E-state index in [-0.39, 0.29) is 23.6 Å². The largest absolute Gasteiger partial charge is 0.494 e. The van der Waals surface area contributed by atoms with Crippen molar-refractivity contribution in [3.05, 3.63) is 86.1 Å². The molecule has 1 aliphatic rings. The first-order valence-corrected chi connectivity index (χ1v) is 10.6. The summed E-state index contributed by atoms with van der Waals surface area (Å²) in [6.07, 6.45) is 0.159. The second-order valence-corrected chi connectivity index (χ2v) is 7.68. The monoisotopic (exact) mass is 448 g/mol. The minimum atomic E-state index is -0.775. The second-order valence-electron chi connectivity index (χ2n) is 7.68. The van der Waals surface area contributed by atoms with Crippen LogP contribution in [0.4, 0.5) is 0 Å². The molecular formula is C24H24N4O5. The van der Waals surface area contributed by atoms with Gasteiger partial charge in [-0.2, -0.15) is 5.10 Å². The minimum Gasteiger partial charge on any atom is -0.494 e. The van der Waals surface area contributed by atoms with Gasteiger partial charge in [0.25, 0.3) is 5.56 Å². The molecule has 0 fully saturated rings. The summed E-state index contributed by atoms with van der Waals surface area (Å²) in [4.78, 5) is 40.0. The fraction of sp³-hybridized carbons (Fsp3) is 0.250. The topological polar surface area (TPSA) is 117 Å². The first-order valence-electron chi connectivity index (χ1n) is 10.6. The molecule has 2 heterocycles. The van der Waals surface area contributed by atoms with E-state index in [2.05, 4.69) is 10.1 Å². The first-order chi connectivity index (χ1) is 15.8. The quantitative estimate of drug-likeness (QED) is 0.622. The highest BCUT2D eigenvalue weighted by Gasteiger charge is 2.36. The Kier molecular flexibility index (Phi) is 5.87. The number of amides is 1. The number of aromatic nitrogens is 2. The van der Waals surface area contributed by atoms with Gasteiger partial charge in [-0.25, -0.2) is 14.4 Å². The molecule has 1 aliphatic heterocycles. The van der Waals surface area contributed by atoms with E-state index in [9.17, 15) is 19.5 Å². The van der Waals surface area contributed by atoms with Crippen LogP contribution < -0.4 is 16.0 Å². The summed E-state index contributed by atoms with van der Waals surface area (Å²) in [5.74, 6) is -0.251. The van der Waals surface area contributed by atoms with E-state index in [4.69, 9.17) is 4.74 Å². The van der Waals surface area contributed by atoms with Gasteiger partial charge in [-0.1, -0.05) is 36.4 Å². The van der Waals surface area contributed by atoms with E-state index in [1.807, 2.05) is 25.1 Å². The number of aromatic hydroxyl groups is 1. The number of rotatable bonds is 5. The van der Waals surface area contributed by atoms with E-state index < -0.39 is 23.2 Å². The van der Waals surface area contributed by atoms with E-state index in [0.717, 1.165) is 15.7 Å². The zero-order valence-corrected chi connectivity index (χ0v) is 18.5. The van der Waals surface area contributed by atoms with Crippen LogP contribution in [-0.4, -0.2) is 37.9 Å². The third-order valence-electron chi connectivity index (χ3n) is 5.54. The average molecular weight is 448 g/mol. The predicted octanol–water partition coefficient (Wildman–Crippen LogP) is 2.64. The normalized spacial score (nSPS) is 15.4. The third-order valence-corrected chi connectivity index (χ3v) is 5.54. The molecule has 1 amide bonds. The number of para-hydroxylation sites is 2. The Balaban J connectivity index is 1.85. The highest BCUT2D eigenvalue weighted by molar-refractivity contribution is 6.04. The van der Waals surface area contributed by atoms with Crippen LogP contribution in [0.2, 0.25) is 0 Å². The number of aryl methyl sites for hydroxylation is 1. The summed E-state index contributed by atoms with van der Waals surface area (Å²) in [6, 6.07) is 13.8. The number of aromatic amines is 1. The van der Waals surface area contributed by atoms with Crippen LogP contribution in [0.3, 0.4) is 0 Å². The third kappa shape index (κ3) is 3.93. The Morgan fingerprint density at radius 2 is 1.88 bits per heavy atom. The molecule has 2 aromatic carbocycles. The molecule has 9 nitrogen and oxygen atoms in total. The summed E-state index contributed by atoms with van der Waals surface area (Å²) >= 11 is 0. The molecule has 4 rings (SSSR count). The van der Waals surface area contributed by atoms with Gasteiger partial charge in [0.15, 0.2) is 0 Å². The molecule has 33 heavy (non-hydrogen) atoms. The Bertz CT molecular complexity index is 1370. The van der Waals surface area contributed by atoms with Crippen molar-refractivity contribution in [3.63, 3.8) is 0 Å². The zero-order valence-electron chi connectivity index (χ0n) is 18.5. The van der Waals surface area contributed by atoms with Crippen LogP contribution in [0.25, 0.3) is 5.69 Å². The lowest BCUT2D eigenvalue weighted by atomic mass is 9.98. The molecule has 2 N–H and O–H groups in total. The Labute approximate surface area is 189 Å². The number of hydrogen-bond acceptors (Lipinski definition) is 6. The zero-order chi connectivity index (χ0) is 23.7. The minimum absolute atomic E-state index is 0.152. The van der Waals surface area contributed by atoms with Crippen LogP contribution in [0.15, 0.2) is 63.2 Å². The fourth-order valence-corrected chi connectivity index (χ4v) is 4.06. The standard InChI is InChI=1S/C24H24N4O5/c1-4-33-20-12-8-6-10-16(20)19-13-17(26-28(19)15(3)29)21-22(30)25-24(32)27(23(21)31)18-11-7-5-9-14(18)2/h5-12,19,31H,4,13H2,1-3H3,(H,25,30,32)/t19-/m1/s1. The van der Waals surface area contributed by atoms with Crippen molar-refractivity contribution in [2.24, 2.45) is 5.10 Å². The summed E-state index contributed by atoms with van der Waals surface area (Å²) in [7, 11) is 0. The second kappa shape index (κ2) is 8.78. The SMILES string of the molecule is CCOc1ccccc1[C@H]1CC(c2c(O)n(-c3ccccc3C)c(=O)[nH]c2=O)=NN1C(C)=O. The van der Waals surface area contributed by atoms with E-state index in [1.54, 1.807) is 37.3 Å². The van der Waals surface area contributed by atoms with Gasteiger partial charge < -0.3 is 9.84 Å². The lowest BCUT2D eigenvalue weighted by molar-refractivity contribution is -0.130. The Morgan fingerprint density at radius 1 is 1.18 bits per heavy atom. The summed E-state index contributed by atoms with van der Waals surface area (Å²) in [5, 5.41) is 16.7. The lowest BCUT2D eigenvalue weighted by Crippen LogP contribution is -2.33. The number of carbonyl (C=O) groups excluding carboxylic acids is 1. The van der Waals surface area contributed by atoms with Gasteiger partial charge in [0.1, 0.15) is 11.3 Å². The molecular weight excluding hydrogens is 424 g/mol. The van der Waals surface area contributed by atoms with Crippen molar-refractivity contribution in [3.8, 4) is 17.3 Å². The molecule has 0 saturated heterocycles. The molecule has 170 valence electrons. The maximum absolute atomic E-state index is 12.8. The molecule has 0 bridgehead atoms. The maximum atomic E-state index is 12.8. The average Bonchev–Trinajstić information content (AvgIpc) is 3.20. The summed E-state index contributed by atoms with van der Waals surface area (Å²) < 4.78 is 6.76. The number of nitrogens with one attached hydrogen (secondary N) is 1. The molecule has 0 saturated carbocycles. The van der Waals surface area contributed by atoms with Crippen molar-refractivity contribution in [1.29, 1.82) is 0 Å². The van der Waals surface area contributed by atoms with Crippen molar-refractivity contribution in [2.45, 2.75) is 33.2 Å². The van der Waals surface area contributed by atoms with Crippen LogP contribution in [-0.2, 0) is 4.79 Å². The Hall–Kier alpha value is -4.14. The molecule has 0 radical (unpaired) electrons. The van der Waals surface area contributed by atoms with Crippen LogP contribution >= 0.6 is 0 Å².